The maximum Gasteiger partial charge on any atom is 0.267 e. The lowest BCUT2D eigenvalue weighted by Gasteiger charge is -2.12. The summed E-state index contributed by atoms with van der Waals surface area (Å²) in [5.41, 5.74) is 2.39. The molecule has 29 heavy (non-hydrogen) atoms. The van der Waals surface area contributed by atoms with Crippen molar-refractivity contribution >= 4 is 17.9 Å². The normalized spacial score (nSPS) is 11.3. The predicted octanol–water partition coefficient (Wildman–Crippen LogP) is 2.91. The van der Waals surface area contributed by atoms with E-state index in [2.05, 4.69) is 24.5 Å². The van der Waals surface area contributed by atoms with Gasteiger partial charge in [-0.15, -0.1) is 0 Å². The molecule has 0 aromatic heterocycles. The SMILES string of the molecule is Cc1ccc(/C=C(\NC(=O)c2ccc(OCC(C)C)cc2)C(=O)NCCO)cc1. The zero-order chi connectivity index (χ0) is 21.2. The maximum atomic E-state index is 12.6. The summed E-state index contributed by atoms with van der Waals surface area (Å²) < 4.78 is 5.62. The van der Waals surface area contributed by atoms with Crippen molar-refractivity contribution in [1.82, 2.24) is 10.6 Å². The van der Waals surface area contributed by atoms with Gasteiger partial charge >= 0.3 is 0 Å². The Labute approximate surface area is 171 Å². The molecule has 2 rings (SSSR count). The topological polar surface area (TPSA) is 87.7 Å². The standard InChI is InChI=1S/C23H28N2O4/c1-16(2)15-29-20-10-8-19(9-11-20)22(27)25-21(23(28)24-12-13-26)14-18-6-4-17(3)5-7-18/h4-11,14,16,26H,12-13,15H2,1-3H3,(H,24,28)(H,25,27)/b21-14-. The Morgan fingerprint density at radius 1 is 1.07 bits per heavy atom. The molecule has 3 N–H and O–H groups in total. The monoisotopic (exact) mass is 396 g/mol. The molecule has 0 spiro atoms. The Morgan fingerprint density at radius 2 is 1.72 bits per heavy atom. The van der Waals surface area contributed by atoms with E-state index in [0.717, 1.165) is 11.1 Å². The summed E-state index contributed by atoms with van der Waals surface area (Å²) in [6, 6.07) is 14.3. The summed E-state index contributed by atoms with van der Waals surface area (Å²) in [6.45, 7) is 6.60. The smallest absolute Gasteiger partial charge is 0.267 e. The number of rotatable bonds is 9. The van der Waals surface area contributed by atoms with Crippen LogP contribution in [0.15, 0.2) is 54.2 Å². The number of aryl methyl sites for hydroxylation is 1. The van der Waals surface area contributed by atoms with Crippen LogP contribution in [-0.4, -0.2) is 36.7 Å². The first-order valence-corrected chi connectivity index (χ1v) is 9.60. The zero-order valence-corrected chi connectivity index (χ0v) is 17.1. The van der Waals surface area contributed by atoms with Crippen LogP contribution in [-0.2, 0) is 4.79 Å². The molecular formula is C23H28N2O4. The minimum atomic E-state index is -0.468. The molecular weight excluding hydrogens is 368 g/mol. The molecule has 2 amide bonds. The molecule has 0 heterocycles. The molecule has 2 aromatic carbocycles. The molecule has 154 valence electrons. The lowest BCUT2D eigenvalue weighted by atomic mass is 10.1. The Balaban J connectivity index is 2.15. The van der Waals surface area contributed by atoms with E-state index >= 15 is 0 Å². The van der Waals surface area contributed by atoms with Gasteiger partial charge in [-0.05, 0) is 48.7 Å². The molecule has 0 fully saturated rings. The third-order valence-electron chi connectivity index (χ3n) is 3.98. The van der Waals surface area contributed by atoms with E-state index in [1.54, 1.807) is 30.3 Å². The second-order valence-corrected chi connectivity index (χ2v) is 7.13. The van der Waals surface area contributed by atoms with E-state index in [-0.39, 0.29) is 18.8 Å². The van der Waals surface area contributed by atoms with Crippen LogP contribution in [0.1, 0.15) is 35.3 Å². The predicted molar refractivity (Wildman–Crippen MR) is 113 cm³/mol. The average Bonchev–Trinajstić information content (AvgIpc) is 2.71. The van der Waals surface area contributed by atoms with Crippen LogP contribution >= 0.6 is 0 Å². The van der Waals surface area contributed by atoms with E-state index in [1.165, 1.54) is 0 Å². The number of hydrogen-bond donors (Lipinski definition) is 3. The molecule has 2 aromatic rings. The molecule has 0 aliphatic rings. The van der Waals surface area contributed by atoms with Crippen molar-refractivity contribution < 1.29 is 19.4 Å². The first kappa shape index (κ1) is 22.2. The van der Waals surface area contributed by atoms with E-state index < -0.39 is 11.8 Å². The minimum Gasteiger partial charge on any atom is -0.493 e. The summed E-state index contributed by atoms with van der Waals surface area (Å²) in [6.07, 6.45) is 1.60. The Morgan fingerprint density at radius 3 is 2.31 bits per heavy atom. The number of amides is 2. The molecule has 6 heteroatoms. The van der Waals surface area contributed by atoms with Crippen LogP contribution in [0.2, 0.25) is 0 Å². The van der Waals surface area contributed by atoms with Crippen LogP contribution in [0.5, 0.6) is 5.75 Å². The van der Waals surface area contributed by atoms with Crippen molar-refractivity contribution in [3.05, 3.63) is 70.9 Å². The van der Waals surface area contributed by atoms with Gasteiger partial charge in [0.2, 0.25) is 0 Å². The van der Waals surface area contributed by atoms with Gasteiger partial charge in [0.1, 0.15) is 11.4 Å². The molecule has 0 saturated carbocycles. The van der Waals surface area contributed by atoms with Gasteiger partial charge in [-0.1, -0.05) is 43.7 Å². The van der Waals surface area contributed by atoms with E-state index in [1.807, 2.05) is 31.2 Å². The molecule has 0 unspecified atom stereocenters. The number of nitrogens with one attached hydrogen (secondary N) is 2. The molecule has 0 bridgehead atoms. The number of aliphatic hydroxyl groups excluding tert-OH is 1. The second kappa shape index (κ2) is 11.0. The van der Waals surface area contributed by atoms with Crippen LogP contribution in [0.3, 0.4) is 0 Å². The summed E-state index contributed by atoms with van der Waals surface area (Å²) >= 11 is 0. The van der Waals surface area contributed by atoms with Crippen molar-refractivity contribution in [1.29, 1.82) is 0 Å². The Bertz CT molecular complexity index is 840. The fraction of sp³-hybridized carbons (Fsp3) is 0.304. The highest BCUT2D eigenvalue weighted by Crippen LogP contribution is 2.14. The van der Waals surface area contributed by atoms with Crippen molar-refractivity contribution in [2.24, 2.45) is 5.92 Å². The highest BCUT2D eigenvalue weighted by atomic mass is 16.5. The Hall–Kier alpha value is -3.12. The van der Waals surface area contributed by atoms with Crippen molar-refractivity contribution in [2.45, 2.75) is 20.8 Å². The number of hydrogen-bond acceptors (Lipinski definition) is 4. The molecule has 6 nitrogen and oxygen atoms in total. The van der Waals surface area contributed by atoms with E-state index in [9.17, 15) is 9.59 Å². The minimum absolute atomic E-state index is 0.0990. The van der Waals surface area contributed by atoms with Gasteiger partial charge < -0.3 is 20.5 Å². The third kappa shape index (κ3) is 7.43. The van der Waals surface area contributed by atoms with Gasteiger partial charge in [-0.3, -0.25) is 9.59 Å². The fourth-order valence-corrected chi connectivity index (χ4v) is 2.41. The number of ether oxygens (including phenoxy) is 1. The van der Waals surface area contributed by atoms with Crippen LogP contribution in [0.25, 0.3) is 6.08 Å². The van der Waals surface area contributed by atoms with Gasteiger partial charge in [-0.2, -0.15) is 0 Å². The number of carbonyl (C=O) groups is 2. The maximum absolute atomic E-state index is 12.6. The molecule has 0 atom stereocenters. The molecule has 0 aliphatic heterocycles. The quantitative estimate of drug-likeness (QED) is 0.569. The van der Waals surface area contributed by atoms with Gasteiger partial charge in [-0.25, -0.2) is 0 Å². The van der Waals surface area contributed by atoms with Crippen LogP contribution < -0.4 is 15.4 Å². The highest BCUT2D eigenvalue weighted by Gasteiger charge is 2.14. The highest BCUT2D eigenvalue weighted by molar-refractivity contribution is 6.05. The second-order valence-electron chi connectivity index (χ2n) is 7.13. The van der Waals surface area contributed by atoms with Crippen molar-refractivity contribution in [3.8, 4) is 5.75 Å². The van der Waals surface area contributed by atoms with Crippen molar-refractivity contribution in [3.63, 3.8) is 0 Å². The number of benzene rings is 2. The summed E-state index contributed by atoms with van der Waals surface area (Å²) in [5.74, 6) is 0.221. The first-order chi connectivity index (χ1) is 13.9. The lowest BCUT2D eigenvalue weighted by molar-refractivity contribution is -0.117. The first-order valence-electron chi connectivity index (χ1n) is 9.60. The number of carbonyl (C=O) groups excluding carboxylic acids is 2. The average molecular weight is 396 g/mol. The van der Waals surface area contributed by atoms with E-state index in [4.69, 9.17) is 9.84 Å². The lowest BCUT2D eigenvalue weighted by Crippen LogP contribution is -2.36. The van der Waals surface area contributed by atoms with Gasteiger partial charge in [0, 0.05) is 12.1 Å². The largest absolute Gasteiger partial charge is 0.493 e. The Kier molecular flexibility index (Phi) is 8.43. The van der Waals surface area contributed by atoms with Gasteiger partial charge in [0.05, 0.1) is 13.2 Å². The summed E-state index contributed by atoms with van der Waals surface area (Å²) in [5, 5.41) is 14.2. The van der Waals surface area contributed by atoms with E-state index in [0.29, 0.717) is 23.8 Å². The van der Waals surface area contributed by atoms with Crippen LogP contribution in [0, 0.1) is 12.8 Å². The zero-order valence-electron chi connectivity index (χ0n) is 17.1. The molecule has 0 saturated heterocycles. The molecule has 0 radical (unpaired) electrons. The van der Waals surface area contributed by atoms with Gasteiger partial charge in [0.15, 0.2) is 0 Å². The summed E-state index contributed by atoms with van der Waals surface area (Å²) in [7, 11) is 0. The fourth-order valence-electron chi connectivity index (χ4n) is 2.41. The van der Waals surface area contributed by atoms with Crippen LogP contribution in [0.4, 0.5) is 0 Å². The third-order valence-corrected chi connectivity index (χ3v) is 3.98. The molecule has 0 aliphatic carbocycles. The number of aliphatic hydroxyl groups is 1. The summed E-state index contributed by atoms with van der Waals surface area (Å²) in [4.78, 5) is 25.1. The van der Waals surface area contributed by atoms with Gasteiger partial charge in [0.25, 0.3) is 11.8 Å². The van der Waals surface area contributed by atoms with Crippen molar-refractivity contribution in [2.75, 3.05) is 19.8 Å².